The molecule has 4 aliphatic rings. The van der Waals surface area contributed by atoms with Gasteiger partial charge in [0.05, 0.1) is 25.8 Å². The summed E-state index contributed by atoms with van der Waals surface area (Å²) in [6.07, 6.45) is 1.62. The van der Waals surface area contributed by atoms with Gasteiger partial charge in [-0.25, -0.2) is 4.79 Å². The van der Waals surface area contributed by atoms with E-state index in [0.717, 1.165) is 12.8 Å². The first kappa shape index (κ1) is 35.0. The van der Waals surface area contributed by atoms with Crippen molar-refractivity contribution < 1.29 is 43.1 Å². The third-order valence-electron chi connectivity index (χ3n) is 9.01. The molecular formula is C34H45N5O9. The average molecular weight is 668 g/mol. The Morgan fingerprint density at radius 1 is 1.06 bits per heavy atom. The largest absolute Gasteiger partial charge is 0.444 e. The highest BCUT2D eigenvalue weighted by atomic mass is 16.7. The number of carbonyl (C=O) groups excluding carboxylic acids is 6. The van der Waals surface area contributed by atoms with Crippen LogP contribution >= 0.6 is 0 Å². The minimum Gasteiger partial charge on any atom is -0.444 e. The van der Waals surface area contributed by atoms with Crippen LogP contribution in [-0.4, -0.2) is 102 Å². The standard InChI is InChI=1S/C34H45N5O9/c1-5-9-23(27(41)30(43)35-21-12-13-21)36-29(42)25-17-34(16-24(38-48-34)26(40)20-10-7-6-8-11-20)19-39(25)31(44)28(33(2,3)4)37-32(45)47-22-14-15-46-18-22/h6-8,10-11,21-23,25,28H,5,9,12-19H2,1-4H3,(H,35,43)(H,36,42)(H,37,45)/t22-,23-,25-,28+,34+/m0/s1. The summed E-state index contributed by atoms with van der Waals surface area (Å²) in [5, 5.41) is 12.2. The summed E-state index contributed by atoms with van der Waals surface area (Å²) in [4.78, 5) is 87.5. The Morgan fingerprint density at radius 3 is 2.42 bits per heavy atom. The minimum absolute atomic E-state index is 0.0345. The fraction of sp³-hybridized carbons (Fsp3) is 0.618. The number of hydrogen-bond donors (Lipinski definition) is 3. The lowest BCUT2D eigenvalue weighted by Gasteiger charge is -2.35. The molecule has 0 unspecified atom stereocenters. The van der Waals surface area contributed by atoms with Gasteiger partial charge in [0.2, 0.25) is 23.4 Å². The van der Waals surface area contributed by atoms with Gasteiger partial charge in [0.1, 0.15) is 23.9 Å². The number of amides is 4. The van der Waals surface area contributed by atoms with E-state index in [-0.39, 0.29) is 50.0 Å². The predicted octanol–water partition coefficient (Wildman–Crippen LogP) is 2.05. The van der Waals surface area contributed by atoms with Crippen LogP contribution in [0, 0.1) is 5.41 Å². The predicted molar refractivity (Wildman–Crippen MR) is 172 cm³/mol. The Hall–Kier alpha value is -4.33. The van der Waals surface area contributed by atoms with Crippen molar-refractivity contribution in [1.82, 2.24) is 20.9 Å². The lowest BCUT2D eigenvalue weighted by molar-refractivity contribution is -0.144. The summed E-state index contributed by atoms with van der Waals surface area (Å²) in [5.74, 6) is -3.08. The van der Waals surface area contributed by atoms with Crippen molar-refractivity contribution in [1.29, 1.82) is 0 Å². The second kappa shape index (κ2) is 14.4. The Kier molecular flexibility index (Phi) is 10.5. The molecule has 3 N–H and O–H groups in total. The number of nitrogens with one attached hydrogen (secondary N) is 3. The smallest absolute Gasteiger partial charge is 0.408 e. The number of hydrogen-bond acceptors (Lipinski definition) is 10. The van der Waals surface area contributed by atoms with Crippen molar-refractivity contribution in [3.63, 3.8) is 0 Å². The molecule has 1 aliphatic carbocycles. The van der Waals surface area contributed by atoms with Crippen molar-refractivity contribution in [2.45, 2.75) is 109 Å². The van der Waals surface area contributed by atoms with Gasteiger partial charge < -0.3 is 35.2 Å². The summed E-state index contributed by atoms with van der Waals surface area (Å²) in [6, 6.07) is 5.16. The van der Waals surface area contributed by atoms with Gasteiger partial charge in [0.15, 0.2) is 5.60 Å². The molecule has 14 heteroatoms. The lowest BCUT2D eigenvalue weighted by atomic mass is 9.85. The summed E-state index contributed by atoms with van der Waals surface area (Å²) in [7, 11) is 0. The molecule has 0 bridgehead atoms. The molecule has 5 rings (SSSR count). The molecule has 3 fully saturated rings. The van der Waals surface area contributed by atoms with Gasteiger partial charge >= 0.3 is 6.09 Å². The number of benzene rings is 1. The SMILES string of the molecule is CCC[C@H](NC(=O)[C@@H]1C[C@]2(CC(C(=O)c3ccccc3)=NO2)CN1C(=O)[C@@H](NC(=O)O[C@H]1CCOC1)C(C)(C)C)C(=O)C(=O)NC1CC1. The fourth-order valence-electron chi connectivity index (χ4n) is 6.20. The molecule has 3 aliphatic heterocycles. The zero-order chi connectivity index (χ0) is 34.6. The molecule has 14 nitrogen and oxygen atoms in total. The molecular weight excluding hydrogens is 622 g/mol. The van der Waals surface area contributed by atoms with E-state index in [1.165, 1.54) is 4.90 Å². The van der Waals surface area contributed by atoms with Gasteiger partial charge in [-0.1, -0.05) is 69.6 Å². The van der Waals surface area contributed by atoms with Gasteiger partial charge in [0.25, 0.3) is 5.91 Å². The first-order valence-corrected chi connectivity index (χ1v) is 16.7. The van der Waals surface area contributed by atoms with Crippen LogP contribution in [0.5, 0.6) is 0 Å². The highest BCUT2D eigenvalue weighted by molar-refractivity contribution is 6.46. The third-order valence-corrected chi connectivity index (χ3v) is 9.01. The maximum absolute atomic E-state index is 14.4. The van der Waals surface area contributed by atoms with Crippen molar-refractivity contribution >= 4 is 41.1 Å². The maximum Gasteiger partial charge on any atom is 0.408 e. The van der Waals surface area contributed by atoms with Crippen molar-refractivity contribution in [3.05, 3.63) is 35.9 Å². The summed E-state index contributed by atoms with van der Waals surface area (Å²) in [5.41, 5.74) is -1.46. The summed E-state index contributed by atoms with van der Waals surface area (Å²) in [6.45, 7) is 7.76. The van der Waals surface area contributed by atoms with Gasteiger partial charge in [-0.15, -0.1) is 0 Å². The van der Waals surface area contributed by atoms with E-state index in [2.05, 4.69) is 21.1 Å². The molecule has 5 atom stereocenters. The number of ketones is 2. The second-order valence-electron chi connectivity index (χ2n) is 14.2. The highest BCUT2D eigenvalue weighted by Crippen LogP contribution is 2.39. The Morgan fingerprint density at radius 2 is 1.79 bits per heavy atom. The van der Waals surface area contributed by atoms with E-state index >= 15 is 0 Å². The quantitative estimate of drug-likeness (QED) is 0.222. The Balaban J connectivity index is 1.38. The number of ether oxygens (including phenoxy) is 2. The molecule has 1 saturated carbocycles. The van der Waals surface area contributed by atoms with E-state index < -0.39 is 64.8 Å². The van der Waals surface area contributed by atoms with Crippen LogP contribution in [0.15, 0.2) is 35.5 Å². The molecule has 3 heterocycles. The van der Waals surface area contributed by atoms with E-state index in [9.17, 15) is 28.8 Å². The van der Waals surface area contributed by atoms with Crippen LogP contribution in [0.1, 0.15) is 83.0 Å². The van der Waals surface area contributed by atoms with Gasteiger partial charge in [-0.05, 0) is 24.7 Å². The zero-order valence-corrected chi connectivity index (χ0v) is 27.9. The van der Waals surface area contributed by atoms with Crippen LogP contribution in [0.3, 0.4) is 0 Å². The second-order valence-corrected chi connectivity index (χ2v) is 14.2. The van der Waals surface area contributed by atoms with Crippen LogP contribution < -0.4 is 16.0 Å². The van der Waals surface area contributed by atoms with Gasteiger partial charge in [-0.2, -0.15) is 0 Å². The normalized spacial score (nSPS) is 24.7. The van der Waals surface area contributed by atoms with Crippen LogP contribution in [0.4, 0.5) is 4.79 Å². The number of likely N-dealkylation sites (tertiary alicyclic amines) is 1. The van der Waals surface area contributed by atoms with E-state index in [0.29, 0.717) is 25.0 Å². The molecule has 1 aromatic carbocycles. The number of oxime groups is 1. The monoisotopic (exact) mass is 667 g/mol. The molecule has 2 saturated heterocycles. The average Bonchev–Trinajstić information content (AvgIpc) is 3.40. The van der Waals surface area contributed by atoms with Crippen molar-refractivity contribution in [2.24, 2.45) is 10.6 Å². The number of carbonyl (C=O) groups is 6. The summed E-state index contributed by atoms with van der Waals surface area (Å²) < 4.78 is 10.8. The fourth-order valence-corrected chi connectivity index (χ4v) is 6.20. The Bertz CT molecular complexity index is 1450. The number of alkyl carbamates (subject to hydrolysis) is 1. The van der Waals surface area contributed by atoms with Crippen molar-refractivity contribution in [3.8, 4) is 0 Å². The molecule has 0 aromatic heterocycles. The molecule has 1 spiro atoms. The molecule has 260 valence electrons. The topological polar surface area (TPSA) is 182 Å². The molecule has 1 aromatic rings. The maximum atomic E-state index is 14.4. The van der Waals surface area contributed by atoms with E-state index in [1.807, 2.05) is 6.92 Å². The molecule has 0 radical (unpaired) electrons. The molecule has 4 amide bonds. The van der Waals surface area contributed by atoms with E-state index in [1.54, 1.807) is 51.1 Å². The van der Waals surface area contributed by atoms with Crippen LogP contribution in [0.2, 0.25) is 0 Å². The van der Waals surface area contributed by atoms with Gasteiger partial charge in [0, 0.05) is 30.9 Å². The first-order chi connectivity index (χ1) is 22.8. The van der Waals surface area contributed by atoms with Crippen LogP contribution in [0.25, 0.3) is 0 Å². The van der Waals surface area contributed by atoms with Crippen molar-refractivity contribution in [2.75, 3.05) is 19.8 Å². The number of nitrogens with zero attached hydrogens (tertiary/aromatic N) is 2. The highest BCUT2D eigenvalue weighted by Gasteiger charge is 2.56. The summed E-state index contributed by atoms with van der Waals surface area (Å²) >= 11 is 0. The molecule has 48 heavy (non-hydrogen) atoms. The zero-order valence-electron chi connectivity index (χ0n) is 27.9. The third kappa shape index (κ3) is 8.20. The van der Waals surface area contributed by atoms with Gasteiger partial charge in [-0.3, -0.25) is 24.0 Å². The number of rotatable bonds is 12. The van der Waals surface area contributed by atoms with Crippen LogP contribution in [-0.2, 0) is 33.5 Å². The first-order valence-electron chi connectivity index (χ1n) is 16.7. The lowest BCUT2D eigenvalue weighted by Crippen LogP contribution is -2.59. The Labute approximate surface area is 279 Å². The minimum atomic E-state index is -1.21. The van der Waals surface area contributed by atoms with E-state index in [4.69, 9.17) is 14.3 Å². The number of Topliss-reactive ketones (excluding diaryl/α,β-unsaturated/α-hetero) is 2.